The van der Waals surface area contributed by atoms with Crippen molar-refractivity contribution in [3.8, 4) is 0 Å². The zero-order valence-electron chi connectivity index (χ0n) is 41.8. The summed E-state index contributed by atoms with van der Waals surface area (Å²) in [6.45, 7) is 6.36. The highest BCUT2D eigenvalue weighted by molar-refractivity contribution is 5.71. The van der Waals surface area contributed by atoms with E-state index in [2.05, 4.69) is 87.6 Å². The number of hydrogen-bond acceptors (Lipinski definition) is 6. The average Bonchev–Trinajstić information content (AvgIpc) is 3.29. The lowest BCUT2D eigenvalue weighted by atomic mass is 10.1. The van der Waals surface area contributed by atoms with Crippen LogP contribution in [0.1, 0.15) is 245 Å². The molecule has 64 heavy (non-hydrogen) atoms. The Morgan fingerprint density at radius 1 is 0.344 bits per heavy atom. The lowest BCUT2D eigenvalue weighted by Crippen LogP contribution is -2.30. The molecule has 0 saturated heterocycles. The molecule has 6 heteroatoms. The van der Waals surface area contributed by atoms with E-state index in [-0.39, 0.29) is 31.1 Å². The van der Waals surface area contributed by atoms with Gasteiger partial charge < -0.3 is 14.2 Å². The third-order valence-corrected chi connectivity index (χ3v) is 11.2. The van der Waals surface area contributed by atoms with Crippen molar-refractivity contribution in [1.29, 1.82) is 0 Å². The first-order chi connectivity index (χ1) is 31.5. The molecule has 0 aliphatic heterocycles. The highest BCUT2D eigenvalue weighted by atomic mass is 16.6. The van der Waals surface area contributed by atoms with Gasteiger partial charge in [-0.1, -0.05) is 221 Å². The standard InChI is InChI=1S/C58H98O6/c1-4-7-10-13-16-19-22-25-27-28-29-30-32-33-36-39-42-45-48-51-57(60)63-54-55(53-62-56(59)50-47-44-41-38-35-24-21-18-15-12-9-6-3)64-58(61)52-49-46-43-40-37-34-31-26-23-20-17-14-11-8-5-2/h8-9,11-12,14,17-18,20-21,23,26,28-29,31,55H,4-7,10,13,15-16,19,22,24-25,27,30,32-54H2,1-3H3/b11-8-,12-9-,17-14-,21-18-,23-20-,29-28-,31-26-. The minimum absolute atomic E-state index is 0.0936. The third-order valence-electron chi connectivity index (χ3n) is 11.2. The Kier molecular flexibility index (Phi) is 49.4. The van der Waals surface area contributed by atoms with E-state index in [1.54, 1.807) is 0 Å². The van der Waals surface area contributed by atoms with Gasteiger partial charge in [0.25, 0.3) is 0 Å². The Morgan fingerprint density at radius 2 is 0.688 bits per heavy atom. The van der Waals surface area contributed by atoms with Gasteiger partial charge in [-0.25, -0.2) is 0 Å². The predicted octanol–water partition coefficient (Wildman–Crippen LogP) is 17.6. The summed E-state index contributed by atoms with van der Waals surface area (Å²) in [7, 11) is 0. The van der Waals surface area contributed by atoms with Crippen LogP contribution in [0.5, 0.6) is 0 Å². The van der Waals surface area contributed by atoms with Crippen LogP contribution in [0.4, 0.5) is 0 Å². The Balaban J connectivity index is 4.40. The van der Waals surface area contributed by atoms with Crippen molar-refractivity contribution >= 4 is 17.9 Å². The predicted molar refractivity (Wildman–Crippen MR) is 274 cm³/mol. The molecule has 1 atom stereocenters. The second-order valence-electron chi connectivity index (χ2n) is 17.5. The monoisotopic (exact) mass is 891 g/mol. The molecular weight excluding hydrogens is 793 g/mol. The van der Waals surface area contributed by atoms with Gasteiger partial charge in [0.2, 0.25) is 0 Å². The SMILES string of the molecule is CC\C=C/C=C\C=C/C=C\CCCCCCCC(=O)OC(COC(=O)CCCCCCC/C=C\C/C=C\CC)COC(=O)CCCCCCCCC/C=C\CCCCCCCCCC. The van der Waals surface area contributed by atoms with Crippen LogP contribution in [0.2, 0.25) is 0 Å². The molecule has 0 aromatic rings. The number of allylic oxidation sites excluding steroid dienone is 14. The van der Waals surface area contributed by atoms with Gasteiger partial charge in [0.1, 0.15) is 13.2 Å². The van der Waals surface area contributed by atoms with Crippen molar-refractivity contribution in [3.05, 3.63) is 85.1 Å². The molecule has 0 spiro atoms. The molecular formula is C58H98O6. The zero-order valence-corrected chi connectivity index (χ0v) is 41.8. The molecule has 0 aliphatic rings. The van der Waals surface area contributed by atoms with Crippen molar-refractivity contribution in [3.63, 3.8) is 0 Å². The zero-order chi connectivity index (χ0) is 46.5. The van der Waals surface area contributed by atoms with E-state index >= 15 is 0 Å². The van der Waals surface area contributed by atoms with Gasteiger partial charge in [0.05, 0.1) is 0 Å². The summed E-state index contributed by atoms with van der Waals surface area (Å²) in [5.41, 5.74) is 0. The second-order valence-corrected chi connectivity index (χ2v) is 17.5. The summed E-state index contributed by atoms with van der Waals surface area (Å²) in [6, 6.07) is 0. The highest BCUT2D eigenvalue weighted by Crippen LogP contribution is 2.14. The number of carbonyl (C=O) groups is 3. The molecule has 0 N–H and O–H groups in total. The first-order valence-corrected chi connectivity index (χ1v) is 26.6. The molecule has 0 heterocycles. The molecule has 1 unspecified atom stereocenters. The molecule has 0 aromatic heterocycles. The summed E-state index contributed by atoms with van der Waals surface area (Å²) in [5, 5.41) is 0. The largest absolute Gasteiger partial charge is 0.462 e. The van der Waals surface area contributed by atoms with E-state index < -0.39 is 6.10 Å². The van der Waals surface area contributed by atoms with Gasteiger partial charge in [-0.3, -0.25) is 14.4 Å². The molecule has 0 amide bonds. The number of ether oxygens (including phenoxy) is 3. The van der Waals surface area contributed by atoms with Crippen molar-refractivity contribution in [2.75, 3.05) is 13.2 Å². The first-order valence-electron chi connectivity index (χ1n) is 26.6. The summed E-state index contributed by atoms with van der Waals surface area (Å²) >= 11 is 0. The maximum atomic E-state index is 12.8. The Bertz CT molecular complexity index is 1250. The summed E-state index contributed by atoms with van der Waals surface area (Å²) in [5.74, 6) is -0.936. The highest BCUT2D eigenvalue weighted by Gasteiger charge is 2.19. The molecule has 0 rings (SSSR count). The number of esters is 3. The Hall–Kier alpha value is -3.41. The number of hydrogen-bond donors (Lipinski definition) is 0. The smallest absolute Gasteiger partial charge is 0.306 e. The topological polar surface area (TPSA) is 78.9 Å². The number of unbranched alkanes of at least 4 members (excludes halogenated alkanes) is 25. The average molecular weight is 891 g/mol. The van der Waals surface area contributed by atoms with Crippen LogP contribution in [-0.4, -0.2) is 37.2 Å². The maximum Gasteiger partial charge on any atom is 0.306 e. The Morgan fingerprint density at radius 3 is 1.14 bits per heavy atom. The van der Waals surface area contributed by atoms with E-state index in [1.807, 2.05) is 18.2 Å². The van der Waals surface area contributed by atoms with Crippen LogP contribution >= 0.6 is 0 Å². The second kappa shape index (κ2) is 52.2. The van der Waals surface area contributed by atoms with E-state index in [9.17, 15) is 14.4 Å². The van der Waals surface area contributed by atoms with Crippen LogP contribution < -0.4 is 0 Å². The van der Waals surface area contributed by atoms with E-state index in [0.29, 0.717) is 19.3 Å². The summed E-state index contributed by atoms with van der Waals surface area (Å²) in [6.07, 6.45) is 67.1. The van der Waals surface area contributed by atoms with Crippen LogP contribution in [-0.2, 0) is 28.6 Å². The van der Waals surface area contributed by atoms with Crippen molar-refractivity contribution in [2.45, 2.75) is 252 Å². The van der Waals surface area contributed by atoms with Gasteiger partial charge in [-0.05, 0) is 89.9 Å². The first kappa shape index (κ1) is 60.6. The van der Waals surface area contributed by atoms with Crippen molar-refractivity contribution in [1.82, 2.24) is 0 Å². The lowest BCUT2D eigenvalue weighted by Gasteiger charge is -2.18. The quantitative estimate of drug-likeness (QED) is 0.0199. The van der Waals surface area contributed by atoms with Crippen LogP contribution in [0.25, 0.3) is 0 Å². The molecule has 0 aromatic carbocycles. The fourth-order valence-corrected chi connectivity index (χ4v) is 7.25. The van der Waals surface area contributed by atoms with E-state index in [1.165, 1.54) is 89.9 Å². The normalized spacial score (nSPS) is 12.7. The summed E-state index contributed by atoms with van der Waals surface area (Å²) < 4.78 is 16.8. The van der Waals surface area contributed by atoms with Gasteiger partial charge in [-0.2, -0.15) is 0 Å². The van der Waals surface area contributed by atoms with Crippen LogP contribution in [0.3, 0.4) is 0 Å². The fourth-order valence-electron chi connectivity index (χ4n) is 7.25. The fraction of sp³-hybridized carbons (Fsp3) is 0.707. The maximum absolute atomic E-state index is 12.8. The minimum atomic E-state index is -0.796. The van der Waals surface area contributed by atoms with Crippen molar-refractivity contribution in [2.24, 2.45) is 0 Å². The van der Waals surface area contributed by atoms with Gasteiger partial charge >= 0.3 is 17.9 Å². The molecule has 0 bridgehead atoms. The lowest BCUT2D eigenvalue weighted by molar-refractivity contribution is -0.167. The molecule has 0 radical (unpaired) electrons. The van der Waals surface area contributed by atoms with Crippen LogP contribution in [0, 0.1) is 0 Å². The number of carbonyl (C=O) groups excluding carboxylic acids is 3. The number of rotatable bonds is 47. The third kappa shape index (κ3) is 49.6. The molecule has 0 fully saturated rings. The molecule has 6 nitrogen and oxygen atoms in total. The van der Waals surface area contributed by atoms with E-state index in [4.69, 9.17) is 14.2 Å². The molecule has 0 aliphatic carbocycles. The van der Waals surface area contributed by atoms with Gasteiger partial charge in [0.15, 0.2) is 6.10 Å². The van der Waals surface area contributed by atoms with E-state index in [0.717, 1.165) is 116 Å². The molecule has 0 saturated carbocycles. The van der Waals surface area contributed by atoms with Crippen LogP contribution in [0.15, 0.2) is 85.1 Å². The molecule has 366 valence electrons. The van der Waals surface area contributed by atoms with Gasteiger partial charge in [0, 0.05) is 19.3 Å². The van der Waals surface area contributed by atoms with Gasteiger partial charge in [-0.15, -0.1) is 0 Å². The Labute approximate surface area is 395 Å². The summed E-state index contributed by atoms with van der Waals surface area (Å²) in [4.78, 5) is 38.0. The van der Waals surface area contributed by atoms with Crippen molar-refractivity contribution < 1.29 is 28.6 Å². The minimum Gasteiger partial charge on any atom is -0.462 e.